The summed E-state index contributed by atoms with van der Waals surface area (Å²) in [5.41, 5.74) is 7.16. The Labute approximate surface area is 126 Å². The van der Waals surface area contributed by atoms with Crippen molar-refractivity contribution >= 4 is 0 Å². The van der Waals surface area contributed by atoms with E-state index < -0.39 is 0 Å². The van der Waals surface area contributed by atoms with Gasteiger partial charge in [0.15, 0.2) is 0 Å². The highest BCUT2D eigenvalue weighted by molar-refractivity contribution is 5.04. The Hall–Kier alpha value is -0.940. The second kappa shape index (κ2) is 5.06. The molecule has 21 heavy (non-hydrogen) atoms. The third-order valence-corrected chi connectivity index (χ3v) is 6.60. The Morgan fingerprint density at radius 3 is 2.52 bits per heavy atom. The molecule has 5 heteroatoms. The van der Waals surface area contributed by atoms with Gasteiger partial charge in [0.25, 0.3) is 0 Å². The summed E-state index contributed by atoms with van der Waals surface area (Å²) in [7, 11) is 0. The van der Waals surface area contributed by atoms with Gasteiger partial charge in [0.1, 0.15) is 12.2 Å². The zero-order valence-corrected chi connectivity index (χ0v) is 12.9. The first kappa shape index (κ1) is 13.7. The van der Waals surface area contributed by atoms with Crippen LogP contribution in [0.5, 0.6) is 0 Å². The summed E-state index contributed by atoms with van der Waals surface area (Å²) in [6, 6.07) is 0. The lowest BCUT2D eigenvalue weighted by Gasteiger charge is -2.51. The maximum atomic E-state index is 6.27. The second-order valence-corrected chi connectivity index (χ2v) is 7.50. The summed E-state index contributed by atoms with van der Waals surface area (Å²) in [5.74, 6) is 1.11. The van der Waals surface area contributed by atoms with Crippen molar-refractivity contribution in [3.8, 4) is 0 Å². The van der Waals surface area contributed by atoms with E-state index in [-0.39, 0.29) is 5.54 Å². The van der Waals surface area contributed by atoms with Crippen molar-refractivity contribution in [2.75, 3.05) is 13.1 Å². The molecule has 1 aromatic rings. The van der Waals surface area contributed by atoms with Crippen molar-refractivity contribution < 1.29 is 0 Å². The van der Waals surface area contributed by atoms with Crippen molar-refractivity contribution in [3.63, 3.8) is 0 Å². The SMILES string of the molecule is NCC1(N2CCn3cnnc3C2)CCC2(CCCC2)CC1. The summed E-state index contributed by atoms with van der Waals surface area (Å²) < 4.78 is 2.18. The van der Waals surface area contributed by atoms with Gasteiger partial charge in [0, 0.05) is 25.2 Å². The molecule has 2 saturated carbocycles. The molecule has 0 bridgehead atoms. The Bertz CT molecular complexity index is 493. The molecule has 1 spiro atoms. The van der Waals surface area contributed by atoms with Gasteiger partial charge in [-0.05, 0) is 43.9 Å². The predicted octanol–water partition coefficient (Wildman–Crippen LogP) is 1.93. The van der Waals surface area contributed by atoms with Crippen LogP contribution < -0.4 is 5.73 Å². The highest BCUT2D eigenvalue weighted by Crippen LogP contribution is 2.52. The number of hydrogen-bond acceptors (Lipinski definition) is 4. The number of nitrogens with two attached hydrogens (primary N) is 1. The van der Waals surface area contributed by atoms with Crippen molar-refractivity contribution in [1.82, 2.24) is 19.7 Å². The van der Waals surface area contributed by atoms with Gasteiger partial charge >= 0.3 is 0 Å². The normalized spacial score (nSPS) is 27.9. The maximum Gasteiger partial charge on any atom is 0.147 e. The highest BCUT2D eigenvalue weighted by Gasteiger charge is 2.46. The van der Waals surface area contributed by atoms with Crippen LogP contribution in [0, 0.1) is 5.41 Å². The van der Waals surface area contributed by atoms with Gasteiger partial charge in [-0.1, -0.05) is 12.8 Å². The lowest BCUT2D eigenvalue weighted by Crippen LogP contribution is -2.58. The fraction of sp³-hybridized carbons (Fsp3) is 0.875. The maximum absolute atomic E-state index is 6.27. The van der Waals surface area contributed by atoms with E-state index >= 15 is 0 Å². The molecular formula is C16H27N5. The Morgan fingerprint density at radius 2 is 1.81 bits per heavy atom. The molecule has 2 fully saturated rings. The third kappa shape index (κ3) is 2.21. The molecule has 2 aliphatic carbocycles. The van der Waals surface area contributed by atoms with E-state index in [0.29, 0.717) is 5.41 Å². The Morgan fingerprint density at radius 1 is 1.05 bits per heavy atom. The Balaban J connectivity index is 1.50. The van der Waals surface area contributed by atoms with Crippen LogP contribution in [-0.4, -0.2) is 38.3 Å². The van der Waals surface area contributed by atoms with E-state index in [1.54, 1.807) is 0 Å². The van der Waals surface area contributed by atoms with Crippen LogP contribution in [0.4, 0.5) is 0 Å². The lowest BCUT2D eigenvalue weighted by atomic mass is 9.65. The zero-order chi connectivity index (χ0) is 14.3. The van der Waals surface area contributed by atoms with Gasteiger partial charge < -0.3 is 10.3 Å². The molecule has 1 aliphatic heterocycles. The van der Waals surface area contributed by atoms with Gasteiger partial charge in [-0.2, -0.15) is 0 Å². The van der Waals surface area contributed by atoms with Crippen LogP contribution >= 0.6 is 0 Å². The van der Waals surface area contributed by atoms with Crippen LogP contribution in [0.15, 0.2) is 6.33 Å². The highest BCUT2D eigenvalue weighted by atomic mass is 15.3. The molecule has 0 unspecified atom stereocenters. The quantitative estimate of drug-likeness (QED) is 0.903. The minimum absolute atomic E-state index is 0.213. The molecule has 2 heterocycles. The molecule has 0 atom stereocenters. The van der Waals surface area contributed by atoms with Crippen LogP contribution in [0.25, 0.3) is 0 Å². The second-order valence-electron chi connectivity index (χ2n) is 7.50. The van der Waals surface area contributed by atoms with Gasteiger partial charge in [0.05, 0.1) is 6.54 Å². The van der Waals surface area contributed by atoms with Crippen molar-refractivity contribution in [3.05, 3.63) is 12.2 Å². The molecule has 0 saturated heterocycles. The largest absolute Gasteiger partial charge is 0.329 e. The number of rotatable bonds is 2. The molecule has 0 amide bonds. The average molecular weight is 289 g/mol. The monoisotopic (exact) mass is 289 g/mol. The first-order valence-electron chi connectivity index (χ1n) is 8.57. The van der Waals surface area contributed by atoms with Crippen LogP contribution in [0.3, 0.4) is 0 Å². The van der Waals surface area contributed by atoms with Gasteiger partial charge in [0.2, 0.25) is 0 Å². The molecule has 0 aromatic carbocycles. The van der Waals surface area contributed by atoms with Crippen LogP contribution in [0.2, 0.25) is 0 Å². The molecule has 2 N–H and O–H groups in total. The first-order chi connectivity index (χ1) is 10.3. The minimum Gasteiger partial charge on any atom is -0.329 e. The van der Waals surface area contributed by atoms with Crippen LogP contribution in [0.1, 0.15) is 57.2 Å². The average Bonchev–Trinajstić information content (AvgIpc) is 3.17. The van der Waals surface area contributed by atoms with Crippen LogP contribution in [-0.2, 0) is 13.1 Å². The summed E-state index contributed by atoms with van der Waals surface area (Å²) in [6.07, 6.45) is 13.0. The third-order valence-electron chi connectivity index (χ3n) is 6.60. The topological polar surface area (TPSA) is 60.0 Å². The molecule has 1 aromatic heterocycles. The van der Waals surface area contributed by atoms with E-state index in [9.17, 15) is 0 Å². The minimum atomic E-state index is 0.213. The lowest BCUT2D eigenvalue weighted by molar-refractivity contribution is -0.00351. The molecule has 4 rings (SSSR count). The molecule has 0 radical (unpaired) electrons. The number of aromatic nitrogens is 3. The summed E-state index contributed by atoms with van der Waals surface area (Å²) in [4.78, 5) is 2.61. The summed E-state index contributed by atoms with van der Waals surface area (Å²) in [6.45, 7) is 3.81. The predicted molar refractivity (Wildman–Crippen MR) is 81.6 cm³/mol. The van der Waals surface area contributed by atoms with Crippen molar-refractivity contribution in [2.24, 2.45) is 11.1 Å². The van der Waals surface area contributed by atoms with E-state index in [2.05, 4.69) is 19.7 Å². The molecular weight excluding hydrogens is 262 g/mol. The van der Waals surface area contributed by atoms with E-state index in [1.165, 1.54) is 51.4 Å². The molecule has 3 aliphatic rings. The van der Waals surface area contributed by atoms with Crippen molar-refractivity contribution in [1.29, 1.82) is 0 Å². The number of hydrogen-bond donors (Lipinski definition) is 1. The summed E-state index contributed by atoms with van der Waals surface area (Å²) in [5, 5.41) is 8.31. The van der Waals surface area contributed by atoms with E-state index in [0.717, 1.165) is 32.0 Å². The molecule has 5 nitrogen and oxygen atoms in total. The summed E-state index contributed by atoms with van der Waals surface area (Å²) >= 11 is 0. The number of nitrogens with zero attached hydrogens (tertiary/aromatic N) is 4. The van der Waals surface area contributed by atoms with E-state index in [4.69, 9.17) is 5.73 Å². The number of fused-ring (bicyclic) bond motifs is 1. The first-order valence-corrected chi connectivity index (χ1v) is 8.57. The van der Waals surface area contributed by atoms with Gasteiger partial charge in [-0.15, -0.1) is 10.2 Å². The van der Waals surface area contributed by atoms with Gasteiger partial charge in [-0.3, -0.25) is 4.90 Å². The fourth-order valence-electron chi connectivity index (χ4n) is 4.99. The van der Waals surface area contributed by atoms with Gasteiger partial charge in [-0.25, -0.2) is 0 Å². The standard InChI is InChI=1S/C16H27N5/c17-12-16(7-5-15(6-8-16)3-1-2-4-15)21-10-9-20-13-18-19-14(20)11-21/h13H,1-12,17H2. The smallest absolute Gasteiger partial charge is 0.147 e. The van der Waals surface area contributed by atoms with Crippen molar-refractivity contribution in [2.45, 2.75) is 70.0 Å². The van der Waals surface area contributed by atoms with E-state index in [1.807, 2.05) is 6.33 Å². The Kier molecular flexibility index (Phi) is 3.30. The zero-order valence-electron chi connectivity index (χ0n) is 12.9. The molecule has 116 valence electrons. The fourth-order valence-corrected chi connectivity index (χ4v) is 4.99.